The van der Waals surface area contributed by atoms with Crippen LogP contribution in [0, 0.1) is 11.7 Å². The second-order valence-electron chi connectivity index (χ2n) is 6.35. The van der Waals surface area contributed by atoms with E-state index in [0.717, 1.165) is 49.8 Å². The Bertz CT molecular complexity index is 661. The Morgan fingerprint density at radius 2 is 1.96 bits per heavy atom. The van der Waals surface area contributed by atoms with Crippen LogP contribution in [-0.4, -0.2) is 35.4 Å². The van der Waals surface area contributed by atoms with Gasteiger partial charge >= 0.3 is 0 Å². The van der Waals surface area contributed by atoms with Crippen molar-refractivity contribution in [3.05, 3.63) is 48.0 Å². The fourth-order valence-electron chi connectivity index (χ4n) is 2.32. The number of benzene rings is 1. The molecule has 6 heteroatoms. The van der Waals surface area contributed by atoms with Gasteiger partial charge in [0.1, 0.15) is 5.82 Å². The minimum absolute atomic E-state index is 0.243. The Hall–Kier alpha value is -2.37. The maximum Gasteiger partial charge on any atom is 0.191 e. The maximum atomic E-state index is 13.0. The van der Waals surface area contributed by atoms with Gasteiger partial charge in [0.25, 0.3) is 0 Å². The van der Waals surface area contributed by atoms with E-state index in [1.54, 1.807) is 16.8 Å². The van der Waals surface area contributed by atoms with Gasteiger partial charge in [0.15, 0.2) is 5.96 Å². The summed E-state index contributed by atoms with van der Waals surface area (Å²) in [6, 6.07) is 8.29. The van der Waals surface area contributed by atoms with Crippen molar-refractivity contribution in [3.8, 4) is 5.69 Å². The molecule has 5 nitrogen and oxygen atoms in total. The molecule has 0 saturated heterocycles. The summed E-state index contributed by atoms with van der Waals surface area (Å²) in [6.07, 6.45) is 3.77. The number of nitrogens with one attached hydrogen (secondary N) is 2. The summed E-state index contributed by atoms with van der Waals surface area (Å²) in [5.74, 6) is 1.26. The van der Waals surface area contributed by atoms with E-state index in [-0.39, 0.29) is 5.82 Å². The molecule has 0 bridgehead atoms. The molecule has 0 radical (unpaired) electrons. The molecule has 25 heavy (non-hydrogen) atoms. The quantitative estimate of drug-likeness (QED) is 0.571. The van der Waals surface area contributed by atoms with Crippen molar-refractivity contribution in [1.82, 2.24) is 20.4 Å². The Kier molecular flexibility index (Phi) is 7.44. The molecule has 0 unspecified atom stereocenters. The highest BCUT2D eigenvalue weighted by atomic mass is 19.1. The van der Waals surface area contributed by atoms with Gasteiger partial charge in [0.2, 0.25) is 0 Å². The Labute approximate surface area is 149 Å². The highest BCUT2D eigenvalue weighted by Gasteiger charge is 2.03. The number of aromatic nitrogens is 2. The lowest BCUT2D eigenvalue weighted by Crippen LogP contribution is -2.38. The van der Waals surface area contributed by atoms with Crippen LogP contribution in [-0.2, 0) is 6.42 Å². The van der Waals surface area contributed by atoms with E-state index in [1.165, 1.54) is 12.1 Å². The van der Waals surface area contributed by atoms with E-state index in [9.17, 15) is 4.39 Å². The molecule has 2 rings (SSSR count). The van der Waals surface area contributed by atoms with Gasteiger partial charge < -0.3 is 10.6 Å². The summed E-state index contributed by atoms with van der Waals surface area (Å²) < 4.78 is 14.8. The monoisotopic (exact) mass is 345 g/mol. The molecule has 0 saturated carbocycles. The smallest absolute Gasteiger partial charge is 0.191 e. The molecule has 0 atom stereocenters. The largest absolute Gasteiger partial charge is 0.357 e. The predicted molar refractivity (Wildman–Crippen MR) is 101 cm³/mol. The minimum Gasteiger partial charge on any atom is -0.357 e. The van der Waals surface area contributed by atoms with E-state index in [1.807, 2.05) is 12.3 Å². The van der Waals surface area contributed by atoms with Gasteiger partial charge in [-0.25, -0.2) is 9.07 Å². The van der Waals surface area contributed by atoms with E-state index in [0.29, 0.717) is 5.92 Å². The van der Waals surface area contributed by atoms with Crippen molar-refractivity contribution < 1.29 is 4.39 Å². The van der Waals surface area contributed by atoms with Crippen molar-refractivity contribution in [2.24, 2.45) is 10.9 Å². The number of halogens is 1. The summed E-state index contributed by atoms with van der Waals surface area (Å²) in [4.78, 5) is 4.58. The molecule has 0 aliphatic rings. The van der Waals surface area contributed by atoms with Crippen molar-refractivity contribution in [2.75, 3.05) is 19.6 Å². The standard InChI is InChI=1S/C19H28FN5/c1-4-21-19(22-12-9-15(2)3)23-13-10-17-11-14-25(24-17)18-7-5-16(20)6-8-18/h5-8,11,14-15H,4,9-10,12-13H2,1-3H3,(H2,21,22,23). The first-order valence-electron chi connectivity index (χ1n) is 8.91. The molecule has 0 amide bonds. The van der Waals surface area contributed by atoms with Gasteiger partial charge in [0.05, 0.1) is 11.4 Å². The van der Waals surface area contributed by atoms with Crippen molar-refractivity contribution in [3.63, 3.8) is 0 Å². The number of rotatable bonds is 8. The van der Waals surface area contributed by atoms with Crippen LogP contribution in [0.15, 0.2) is 41.5 Å². The van der Waals surface area contributed by atoms with Crippen molar-refractivity contribution in [2.45, 2.75) is 33.6 Å². The van der Waals surface area contributed by atoms with E-state index in [2.05, 4.69) is 41.5 Å². The molecule has 136 valence electrons. The topological polar surface area (TPSA) is 54.2 Å². The highest BCUT2D eigenvalue weighted by molar-refractivity contribution is 5.79. The number of guanidine groups is 1. The van der Waals surface area contributed by atoms with E-state index >= 15 is 0 Å². The summed E-state index contributed by atoms with van der Waals surface area (Å²) in [6.45, 7) is 8.89. The lowest BCUT2D eigenvalue weighted by molar-refractivity contribution is 0.594. The van der Waals surface area contributed by atoms with Crippen LogP contribution >= 0.6 is 0 Å². The van der Waals surface area contributed by atoms with Gasteiger partial charge in [-0.3, -0.25) is 4.99 Å². The Morgan fingerprint density at radius 3 is 2.64 bits per heavy atom. The molecule has 1 aromatic carbocycles. The third-order valence-electron chi connectivity index (χ3n) is 3.73. The Balaban J connectivity index is 1.85. The Morgan fingerprint density at radius 1 is 1.20 bits per heavy atom. The third kappa shape index (κ3) is 6.57. The SMILES string of the molecule is CCNC(=NCCC(C)C)NCCc1ccn(-c2ccc(F)cc2)n1. The molecule has 0 fully saturated rings. The first-order valence-corrected chi connectivity index (χ1v) is 8.91. The maximum absolute atomic E-state index is 13.0. The van der Waals surface area contributed by atoms with Crippen LogP contribution < -0.4 is 10.6 Å². The predicted octanol–water partition coefficient (Wildman–Crippen LogP) is 3.16. The lowest BCUT2D eigenvalue weighted by atomic mass is 10.1. The van der Waals surface area contributed by atoms with Crippen LogP contribution in [0.5, 0.6) is 0 Å². The zero-order valence-electron chi connectivity index (χ0n) is 15.3. The first kappa shape index (κ1) is 19.0. The molecule has 0 spiro atoms. The third-order valence-corrected chi connectivity index (χ3v) is 3.73. The zero-order chi connectivity index (χ0) is 18.1. The van der Waals surface area contributed by atoms with Crippen LogP contribution in [0.4, 0.5) is 4.39 Å². The second-order valence-corrected chi connectivity index (χ2v) is 6.35. The van der Waals surface area contributed by atoms with Gasteiger partial charge in [-0.15, -0.1) is 0 Å². The normalized spacial score (nSPS) is 11.8. The van der Waals surface area contributed by atoms with Gasteiger partial charge in [-0.2, -0.15) is 5.10 Å². The molecule has 2 aromatic rings. The van der Waals surface area contributed by atoms with Crippen LogP contribution in [0.1, 0.15) is 32.9 Å². The van der Waals surface area contributed by atoms with Gasteiger partial charge in [-0.05, 0) is 49.6 Å². The number of nitrogens with zero attached hydrogens (tertiary/aromatic N) is 3. The number of hydrogen-bond acceptors (Lipinski definition) is 2. The van der Waals surface area contributed by atoms with Crippen molar-refractivity contribution >= 4 is 5.96 Å². The zero-order valence-corrected chi connectivity index (χ0v) is 15.3. The fraction of sp³-hybridized carbons (Fsp3) is 0.474. The molecule has 1 aromatic heterocycles. The van der Waals surface area contributed by atoms with Crippen LogP contribution in [0.3, 0.4) is 0 Å². The summed E-state index contributed by atoms with van der Waals surface area (Å²) >= 11 is 0. The van der Waals surface area contributed by atoms with Crippen LogP contribution in [0.25, 0.3) is 5.69 Å². The fourth-order valence-corrected chi connectivity index (χ4v) is 2.32. The summed E-state index contributed by atoms with van der Waals surface area (Å²) in [5.41, 5.74) is 1.83. The van der Waals surface area contributed by atoms with E-state index < -0.39 is 0 Å². The van der Waals surface area contributed by atoms with Gasteiger partial charge in [-0.1, -0.05) is 13.8 Å². The van der Waals surface area contributed by atoms with Crippen molar-refractivity contribution in [1.29, 1.82) is 0 Å². The summed E-state index contributed by atoms with van der Waals surface area (Å²) in [7, 11) is 0. The number of aliphatic imine (C=N–C) groups is 1. The molecule has 2 N–H and O–H groups in total. The molecular formula is C19H28FN5. The average Bonchev–Trinajstić information content (AvgIpc) is 3.04. The summed E-state index contributed by atoms with van der Waals surface area (Å²) in [5, 5.41) is 11.1. The van der Waals surface area contributed by atoms with E-state index in [4.69, 9.17) is 0 Å². The first-order chi connectivity index (χ1) is 12.1. The second kappa shape index (κ2) is 9.81. The molecule has 0 aliphatic heterocycles. The average molecular weight is 345 g/mol. The molecular weight excluding hydrogens is 317 g/mol. The lowest BCUT2D eigenvalue weighted by Gasteiger charge is -2.11. The van der Waals surface area contributed by atoms with Gasteiger partial charge in [0, 0.05) is 32.3 Å². The number of hydrogen-bond donors (Lipinski definition) is 2. The molecule has 1 heterocycles. The van der Waals surface area contributed by atoms with Crippen LogP contribution in [0.2, 0.25) is 0 Å². The minimum atomic E-state index is -0.243. The highest BCUT2D eigenvalue weighted by Crippen LogP contribution is 2.09. The molecule has 0 aliphatic carbocycles.